The molecule has 6 amide bonds. The van der Waals surface area contributed by atoms with Crippen LogP contribution in [0.25, 0.3) is 16.7 Å². The molecule has 1 unspecified atom stereocenters. The molecule has 2 aliphatic heterocycles. The molecule has 0 spiro atoms. The summed E-state index contributed by atoms with van der Waals surface area (Å²) in [6.07, 6.45) is 6.12. The third-order valence-corrected chi connectivity index (χ3v) is 9.68. The van der Waals surface area contributed by atoms with Crippen LogP contribution in [0.15, 0.2) is 73.1 Å². The summed E-state index contributed by atoms with van der Waals surface area (Å²) in [5, 5.41) is 15.0. The predicted molar refractivity (Wildman–Crippen MR) is 202 cm³/mol. The van der Waals surface area contributed by atoms with Crippen LogP contribution in [0.5, 0.6) is 5.75 Å². The van der Waals surface area contributed by atoms with Gasteiger partial charge in [0.1, 0.15) is 23.9 Å². The summed E-state index contributed by atoms with van der Waals surface area (Å²) in [6, 6.07) is 19.0. The smallest absolute Gasteiger partial charge is 0.324 e. The number of fused-ring (bicyclic) bond motifs is 2. The van der Waals surface area contributed by atoms with E-state index in [1.165, 1.54) is 0 Å². The topological polar surface area (TPSA) is 180 Å². The molecule has 0 bridgehead atoms. The molecule has 1 fully saturated rings. The highest BCUT2D eigenvalue weighted by atomic mass is 16.5. The van der Waals surface area contributed by atoms with Gasteiger partial charge in [-0.25, -0.2) is 9.78 Å². The van der Waals surface area contributed by atoms with E-state index in [9.17, 15) is 24.0 Å². The molecule has 278 valence electrons. The highest BCUT2D eigenvalue weighted by Crippen LogP contribution is 2.31. The summed E-state index contributed by atoms with van der Waals surface area (Å²) in [5.74, 6) is -0.711. The number of amides is 6. The van der Waals surface area contributed by atoms with Gasteiger partial charge in [-0.05, 0) is 73.7 Å². The third-order valence-electron chi connectivity index (χ3n) is 9.68. The monoisotopic (exact) mass is 730 g/mol. The molecular formula is C40H42N8O6. The first kappa shape index (κ1) is 36.1. The number of nitrogens with zero attached hydrogens (tertiary/aromatic N) is 4. The second kappa shape index (κ2) is 15.0. The van der Waals surface area contributed by atoms with Crippen LogP contribution < -0.4 is 20.7 Å². The summed E-state index contributed by atoms with van der Waals surface area (Å²) in [6.45, 7) is 6.70. The zero-order chi connectivity index (χ0) is 38.0. The molecular weight excluding hydrogens is 688 g/mol. The quantitative estimate of drug-likeness (QED) is 0.0856. The first-order valence-corrected chi connectivity index (χ1v) is 18.1. The van der Waals surface area contributed by atoms with Crippen LogP contribution in [0.4, 0.5) is 16.3 Å². The number of H-pyrrole nitrogens is 1. The number of anilines is 2. The van der Waals surface area contributed by atoms with Gasteiger partial charge in [0.25, 0.3) is 11.8 Å². The van der Waals surface area contributed by atoms with Crippen molar-refractivity contribution in [2.24, 2.45) is 0 Å². The predicted octanol–water partition coefficient (Wildman–Crippen LogP) is 6.27. The fraction of sp³-hybridized carbons (Fsp3) is 0.325. The minimum absolute atomic E-state index is 0.0884. The van der Waals surface area contributed by atoms with Crippen LogP contribution in [0.2, 0.25) is 0 Å². The molecule has 2 aromatic heterocycles. The molecule has 5 aromatic rings. The molecule has 2 aliphatic rings. The number of hydrogen-bond acceptors (Lipinski definition) is 8. The lowest BCUT2D eigenvalue weighted by Crippen LogP contribution is -2.54. The Morgan fingerprint density at radius 3 is 2.48 bits per heavy atom. The number of aromatic amines is 1. The van der Waals surface area contributed by atoms with Crippen LogP contribution in [0.3, 0.4) is 0 Å². The number of aryl methyl sites for hydroxylation is 1. The average molecular weight is 731 g/mol. The standard InChI is InChI=1S/C40H42N8O6/c1-40(2,3)32-22-33(46-45-32)43-39(53)42-25-12-14-26(15-13-25)47-23-41-29-21-27(16-17-30(29)47)54-20-7-5-4-6-9-24-10-8-11-28-35(24)38(52)48(37(28)51)31-18-19-34(49)44-36(31)50/h8,10-17,21-23,31H,4-7,9,18-20H2,1-3H3,(H,44,49,50)(H3,42,43,45,46,53). The van der Waals surface area contributed by atoms with Gasteiger partial charge < -0.3 is 10.1 Å². The molecule has 1 atom stereocenters. The van der Waals surface area contributed by atoms with Gasteiger partial charge in [0, 0.05) is 35.3 Å². The minimum Gasteiger partial charge on any atom is -0.494 e. The average Bonchev–Trinajstić information content (AvgIpc) is 3.85. The zero-order valence-electron chi connectivity index (χ0n) is 30.4. The summed E-state index contributed by atoms with van der Waals surface area (Å²) < 4.78 is 8.01. The second-order valence-corrected chi connectivity index (χ2v) is 14.6. The van der Waals surface area contributed by atoms with E-state index in [0.29, 0.717) is 35.7 Å². The van der Waals surface area contributed by atoms with Gasteiger partial charge in [-0.2, -0.15) is 5.10 Å². The Morgan fingerprint density at radius 1 is 0.926 bits per heavy atom. The molecule has 4 heterocycles. The molecule has 0 radical (unpaired) electrons. The highest BCUT2D eigenvalue weighted by Gasteiger charge is 2.45. The van der Waals surface area contributed by atoms with Crippen molar-refractivity contribution >= 4 is 52.2 Å². The maximum absolute atomic E-state index is 13.3. The number of benzene rings is 3. The number of unbranched alkanes of at least 4 members (excludes halogenated alkanes) is 3. The zero-order valence-corrected chi connectivity index (χ0v) is 30.4. The van der Waals surface area contributed by atoms with Crippen molar-refractivity contribution in [2.75, 3.05) is 17.2 Å². The molecule has 14 nitrogen and oxygen atoms in total. The molecule has 0 aliphatic carbocycles. The van der Waals surface area contributed by atoms with Crippen LogP contribution in [-0.4, -0.2) is 67.0 Å². The number of nitrogens with one attached hydrogen (secondary N) is 4. The number of ether oxygens (including phenoxy) is 1. The molecule has 3 aromatic carbocycles. The fourth-order valence-corrected chi connectivity index (χ4v) is 6.80. The van der Waals surface area contributed by atoms with Gasteiger partial charge in [-0.15, -0.1) is 0 Å². The van der Waals surface area contributed by atoms with Gasteiger partial charge in [0.15, 0.2) is 0 Å². The van der Waals surface area contributed by atoms with E-state index in [4.69, 9.17) is 4.74 Å². The van der Waals surface area contributed by atoms with E-state index in [-0.39, 0.29) is 24.3 Å². The molecule has 7 rings (SSSR count). The SMILES string of the molecule is CC(C)(C)c1cc(NC(=O)Nc2ccc(-n3cnc4cc(OCCCCCCc5cccc6c5C(=O)N(C5CCC(=O)NC5=O)C6=O)ccc43)cc2)[nH]n1. The lowest BCUT2D eigenvalue weighted by molar-refractivity contribution is -0.136. The van der Waals surface area contributed by atoms with E-state index in [1.54, 1.807) is 18.5 Å². The van der Waals surface area contributed by atoms with E-state index in [0.717, 1.165) is 64.3 Å². The van der Waals surface area contributed by atoms with E-state index < -0.39 is 29.7 Å². The lowest BCUT2D eigenvalue weighted by Gasteiger charge is -2.27. The van der Waals surface area contributed by atoms with Gasteiger partial charge in [-0.3, -0.25) is 44.4 Å². The third kappa shape index (κ3) is 7.58. The van der Waals surface area contributed by atoms with E-state index in [1.807, 2.05) is 59.2 Å². The number of carbonyl (C=O) groups is 5. The first-order valence-electron chi connectivity index (χ1n) is 18.1. The van der Waals surface area contributed by atoms with Crippen molar-refractivity contribution in [2.45, 2.75) is 77.2 Å². The number of hydrogen-bond donors (Lipinski definition) is 4. The molecule has 4 N–H and O–H groups in total. The largest absolute Gasteiger partial charge is 0.494 e. The molecule has 54 heavy (non-hydrogen) atoms. The number of imide groups is 2. The summed E-state index contributed by atoms with van der Waals surface area (Å²) >= 11 is 0. The summed E-state index contributed by atoms with van der Waals surface area (Å²) in [5.41, 5.74) is 5.44. The Morgan fingerprint density at radius 2 is 1.72 bits per heavy atom. The Balaban J connectivity index is 0.859. The van der Waals surface area contributed by atoms with Crippen LogP contribution in [0, 0.1) is 0 Å². The number of urea groups is 1. The van der Waals surface area contributed by atoms with Gasteiger partial charge >= 0.3 is 6.03 Å². The minimum atomic E-state index is -0.973. The highest BCUT2D eigenvalue weighted by molar-refractivity contribution is 6.24. The summed E-state index contributed by atoms with van der Waals surface area (Å²) in [4.78, 5) is 68.5. The van der Waals surface area contributed by atoms with Crippen molar-refractivity contribution in [1.82, 2.24) is 30.0 Å². The first-order chi connectivity index (χ1) is 26.0. The van der Waals surface area contributed by atoms with Gasteiger partial charge in [0.05, 0.1) is 34.5 Å². The molecule has 1 saturated heterocycles. The van der Waals surface area contributed by atoms with Crippen molar-refractivity contribution in [3.8, 4) is 11.4 Å². The van der Waals surface area contributed by atoms with Crippen LogP contribution >= 0.6 is 0 Å². The Bertz CT molecular complexity index is 2250. The number of aromatic nitrogens is 4. The normalized spacial score (nSPS) is 15.8. The number of piperidine rings is 1. The van der Waals surface area contributed by atoms with Crippen molar-refractivity contribution in [3.05, 3.63) is 95.4 Å². The van der Waals surface area contributed by atoms with Crippen LogP contribution in [0.1, 0.15) is 91.3 Å². The van der Waals surface area contributed by atoms with E-state index in [2.05, 4.69) is 51.9 Å². The van der Waals surface area contributed by atoms with Gasteiger partial charge in [-0.1, -0.05) is 45.7 Å². The maximum atomic E-state index is 13.3. The fourth-order valence-electron chi connectivity index (χ4n) is 6.80. The maximum Gasteiger partial charge on any atom is 0.324 e. The summed E-state index contributed by atoms with van der Waals surface area (Å²) in [7, 11) is 0. The Kier molecular flexibility index (Phi) is 10.00. The molecule has 14 heteroatoms. The van der Waals surface area contributed by atoms with Crippen LogP contribution in [-0.2, 0) is 21.4 Å². The Hall–Kier alpha value is -6.31. The second-order valence-electron chi connectivity index (χ2n) is 14.6. The van der Waals surface area contributed by atoms with Crippen molar-refractivity contribution in [1.29, 1.82) is 0 Å². The number of carbonyl (C=O) groups excluding carboxylic acids is 5. The molecule has 0 saturated carbocycles. The number of rotatable bonds is 12. The number of imidazole rings is 1. The Labute approximate surface area is 311 Å². The van der Waals surface area contributed by atoms with E-state index >= 15 is 0 Å². The van der Waals surface area contributed by atoms with Gasteiger partial charge in [0.2, 0.25) is 11.8 Å². The van der Waals surface area contributed by atoms with Crippen molar-refractivity contribution in [3.63, 3.8) is 0 Å². The lowest BCUT2D eigenvalue weighted by atomic mass is 9.92. The van der Waals surface area contributed by atoms with Crippen molar-refractivity contribution < 1.29 is 28.7 Å².